The first-order valence-electron chi connectivity index (χ1n) is 7.66. The molecule has 0 aliphatic rings. The van der Waals surface area contributed by atoms with Crippen LogP contribution in [-0.4, -0.2) is 70.0 Å². The van der Waals surface area contributed by atoms with E-state index >= 15 is 0 Å². The first kappa shape index (κ1) is 23.7. The van der Waals surface area contributed by atoms with Crippen LogP contribution in [0.4, 0.5) is 0 Å². The van der Waals surface area contributed by atoms with Crippen LogP contribution in [0.2, 0.25) is 0 Å². The van der Waals surface area contributed by atoms with Crippen LogP contribution in [0.25, 0.3) is 0 Å². The van der Waals surface area contributed by atoms with Gasteiger partial charge in [0.25, 0.3) is 0 Å². The van der Waals surface area contributed by atoms with Crippen molar-refractivity contribution in [3.63, 3.8) is 0 Å². The lowest BCUT2D eigenvalue weighted by Gasteiger charge is -2.22. The van der Waals surface area contributed by atoms with E-state index in [-0.39, 0.29) is 19.3 Å². The van der Waals surface area contributed by atoms with Crippen LogP contribution >= 0.6 is 11.8 Å². The van der Waals surface area contributed by atoms with E-state index in [0.717, 1.165) is 0 Å². The standard InChI is InChI=1S/C14H24N4O7S/c1-26-5-4-8(17-12(22)7(15)2-3-11(20)21)13(23)18-9(14(24)25)6-10(16)19/h7-9H,2-6,15H2,1H3,(H2,16,19)(H,17,22)(H,18,23)(H,20,21)(H,24,25)/t7-,8-,9-/m0/s1. The summed E-state index contributed by atoms with van der Waals surface area (Å²) in [7, 11) is 0. The third kappa shape index (κ3) is 9.84. The molecule has 8 N–H and O–H groups in total. The Morgan fingerprint density at radius 1 is 1.00 bits per heavy atom. The van der Waals surface area contributed by atoms with Crippen molar-refractivity contribution in [2.24, 2.45) is 11.5 Å². The molecule has 26 heavy (non-hydrogen) atoms. The molecule has 3 atom stereocenters. The lowest BCUT2D eigenvalue weighted by atomic mass is 10.1. The monoisotopic (exact) mass is 392 g/mol. The second kappa shape index (κ2) is 12.1. The SMILES string of the molecule is CSCC[C@H](NC(=O)[C@@H](N)CCC(=O)O)C(=O)N[C@@H](CC(N)=O)C(=O)O. The number of aliphatic carboxylic acids is 2. The number of hydrogen-bond acceptors (Lipinski definition) is 7. The predicted molar refractivity (Wildman–Crippen MR) is 93.2 cm³/mol. The van der Waals surface area contributed by atoms with Gasteiger partial charge in [-0.15, -0.1) is 0 Å². The maximum Gasteiger partial charge on any atom is 0.326 e. The molecule has 0 aromatic heterocycles. The van der Waals surface area contributed by atoms with Crippen LogP contribution in [0, 0.1) is 0 Å². The number of nitrogens with one attached hydrogen (secondary N) is 2. The van der Waals surface area contributed by atoms with E-state index in [2.05, 4.69) is 10.6 Å². The molecule has 0 aromatic rings. The van der Waals surface area contributed by atoms with Gasteiger partial charge in [0.15, 0.2) is 0 Å². The normalized spacial score (nSPS) is 13.9. The van der Waals surface area contributed by atoms with Gasteiger partial charge in [-0.25, -0.2) is 4.79 Å². The molecule has 11 nitrogen and oxygen atoms in total. The van der Waals surface area contributed by atoms with Crippen LogP contribution in [-0.2, 0) is 24.0 Å². The highest BCUT2D eigenvalue weighted by molar-refractivity contribution is 7.98. The third-order valence-corrected chi connectivity index (χ3v) is 3.91. The van der Waals surface area contributed by atoms with Gasteiger partial charge >= 0.3 is 11.9 Å². The highest BCUT2D eigenvalue weighted by Gasteiger charge is 2.28. The Morgan fingerprint density at radius 3 is 2.04 bits per heavy atom. The van der Waals surface area contributed by atoms with E-state index in [1.807, 2.05) is 0 Å². The molecule has 0 unspecified atom stereocenters. The van der Waals surface area contributed by atoms with Gasteiger partial charge in [-0.3, -0.25) is 19.2 Å². The molecular formula is C14H24N4O7S. The Labute approximate surface area is 154 Å². The summed E-state index contributed by atoms with van der Waals surface area (Å²) in [6.07, 6.45) is 0.950. The number of hydrogen-bond donors (Lipinski definition) is 6. The maximum absolute atomic E-state index is 12.3. The van der Waals surface area contributed by atoms with Gasteiger partial charge in [-0.05, 0) is 24.9 Å². The minimum absolute atomic E-state index is 0.114. The van der Waals surface area contributed by atoms with Gasteiger partial charge in [0, 0.05) is 6.42 Å². The van der Waals surface area contributed by atoms with E-state index < -0.39 is 54.2 Å². The van der Waals surface area contributed by atoms with E-state index in [0.29, 0.717) is 5.75 Å². The molecule has 0 heterocycles. The van der Waals surface area contributed by atoms with Crippen LogP contribution in [0.3, 0.4) is 0 Å². The molecule has 0 saturated heterocycles. The lowest BCUT2D eigenvalue weighted by molar-refractivity contribution is -0.143. The highest BCUT2D eigenvalue weighted by atomic mass is 32.2. The number of carboxylic acids is 2. The Balaban J connectivity index is 4.96. The minimum atomic E-state index is -1.52. The smallest absolute Gasteiger partial charge is 0.326 e. The number of thioether (sulfide) groups is 1. The Bertz CT molecular complexity index is 543. The summed E-state index contributed by atoms with van der Waals surface area (Å²) in [5, 5.41) is 22.2. The molecule has 0 saturated carbocycles. The maximum atomic E-state index is 12.3. The van der Waals surface area contributed by atoms with E-state index in [1.165, 1.54) is 11.8 Å². The second-order valence-corrected chi connectivity index (χ2v) is 6.44. The highest BCUT2D eigenvalue weighted by Crippen LogP contribution is 2.04. The zero-order chi connectivity index (χ0) is 20.3. The summed E-state index contributed by atoms with van der Waals surface area (Å²) >= 11 is 1.40. The van der Waals surface area contributed by atoms with Crippen LogP contribution in [0.5, 0.6) is 0 Å². The van der Waals surface area contributed by atoms with Gasteiger partial charge in [0.1, 0.15) is 12.1 Å². The zero-order valence-corrected chi connectivity index (χ0v) is 15.1. The summed E-state index contributed by atoms with van der Waals surface area (Å²) in [6.45, 7) is 0. The number of carboxylic acid groups (broad SMARTS) is 2. The van der Waals surface area contributed by atoms with Gasteiger partial charge in [-0.1, -0.05) is 0 Å². The van der Waals surface area contributed by atoms with Crippen molar-refractivity contribution in [1.29, 1.82) is 0 Å². The topological polar surface area (TPSA) is 202 Å². The van der Waals surface area contributed by atoms with Crippen LogP contribution in [0.15, 0.2) is 0 Å². The van der Waals surface area contributed by atoms with Gasteiger partial charge in [0.05, 0.1) is 12.5 Å². The summed E-state index contributed by atoms with van der Waals surface area (Å²) in [6, 6.07) is -3.73. The fraction of sp³-hybridized carbons (Fsp3) is 0.643. The number of carbonyl (C=O) groups excluding carboxylic acids is 3. The van der Waals surface area contributed by atoms with Crippen LogP contribution < -0.4 is 22.1 Å². The fourth-order valence-corrected chi connectivity index (χ4v) is 2.34. The van der Waals surface area contributed by atoms with E-state index in [4.69, 9.17) is 21.7 Å². The Hall–Kier alpha value is -2.34. The van der Waals surface area contributed by atoms with Gasteiger partial charge in [-0.2, -0.15) is 11.8 Å². The molecule has 0 aliphatic carbocycles. The second-order valence-electron chi connectivity index (χ2n) is 5.45. The lowest BCUT2D eigenvalue weighted by Crippen LogP contribution is -2.55. The number of rotatable bonds is 13. The summed E-state index contributed by atoms with van der Waals surface area (Å²) in [5.74, 6) is -4.50. The Morgan fingerprint density at radius 2 is 1.58 bits per heavy atom. The van der Waals surface area contributed by atoms with E-state index in [1.54, 1.807) is 6.26 Å². The number of amides is 3. The average molecular weight is 392 g/mol. The summed E-state index contributed by atoms with van der Waals surface area (Å²) in [5.41, 5.74) is 10.5. The molecule has 0 fully saturated rings. The molecule has 0 aromatic carbocycles. The summed E-state index contributed by atoms with van der Waals surface area (Å²) in [4.78, 5) is 56.8. The molecule has 0 rings (SSSR count). The Kier molecular flexibility index (Phi) is 11.0. The number of nitrogens with two attached hydrogens (primary N) is 2. The average Bonchev–Trinajstić information content (AvgIpc) is 2.54. The minimum Gasteiger partial charge on any atom is -0.481 e. The van der Waals surface area contributed by atoms with Crippen molar-refractivity contribution < 1.29 is 34.2 Å². The molecule has 12 heteroatoms. The molecule has 148 valence electrons. The largest absolute Gasteiger partial charge is 0.481 e. The molecule has 0 radical (unpaired) electrons. The quantitative estimate of drug-likeness (QED) is 0.202. The number of carbonyl (C=O) groups is 5. The van der Waals surface area contributed by atoms with Crippen molar-refractivity contribution in [3.8, 4) is 0 Å². The van der Waals surface area contributed by atoms with Crippen LogP contribution in [0.1, 0.15) is 25.7 Å². The molecule has 0 bridgehead atoms. The molecule has 3 amide bonds. The first-order valence-corrected chi connectivity index (χ1v) is 9.06. The number of primary amides is 1. The third-order valence-electron chi connectivity index (χ3n) is 3.27. The van der Waals surface area contributed by atoms with Crippen molar-refractivity contribution >= 4 is 41.4 Å². The fourth-order valence-electron chi connectivity index (χ4n) is 1.87. The first-order chi connectivity index (χ1) is 12.1. The van der Waals surface area contributed by atoms with Crippen molar-refractivity contribution in [2.45, 2.75) is 43.8 Å². The summed E-state index contributed by atoms with van der Waals surface area (Å²) < 4.78 is 0. The zero-order valence-electron chi connectivity index (χ0n) is 14.3. The predicted octanol–water partition coefficient (Wildman–Crippen LogP) is -2.14. The van der Waals surface area contributed by atoms with Crippen molar-refractivity contribution in [1.82, 2.24) is 10.6 Å². The van der Waals surface area contributed by atoms with Gasteiger partial charge in [0.2, 0.25) is 17.7 Å². The van der Waals surface area contributed by atoms with Crippen molar-refractivity contribution in [3.05, 3.63) is 0 Å². The van der Waals surface area contributed by atoms with E-state index in [9.17, 15) is 24.0 Å². The molecular weight excluding hydrogens is 368 g/mol. The van der Waals surface area contributed by atoms with Crippen molar-refractivity contribution in [2.75, 3.05) is 12.0 Å². The molecule has 0 aliphatic heterocycles. The van der Waals surface area contributed by atoms with Gasteiger partial charge < -0.3 is 32.3 Å². The molecule has 0 spiro atoms.